The standard InChI is InChI=1S/C19H32N2O4/c1-6-24-16(22)8-10-20-13-15-18(14(3)12-19(15,4)5)21-11-9-17(23)25-7-2/h10-11,14-15,18H,6-9,12-13H2,1-5H3. The van der Waals surface area contributed by atoms with Crippen LogP contribution in [0.2, 0.25) is 0 Å². The van der Waals surface area contributed by atoms with E-state index < -0.39 is 0 Å². The first-order chi connectivity index (χ1) is 11.8. The number of rotatable bonds is 9. The van der Waals surface area contributed by atoms with Gasteiger partial charge < -0.3 is 9.47 Å². The first kappa shape index (κ1) is 21.3. The van der Waals surface area contributed by atoms with E-state index in [1.165, 1.54) is 0 Å². The number of aliphatic imine (C=N–C) groups is 2. The van der Waals surface area contributed by atoms with Gasteiger partial charge in [0.05, 0.1) is 32.1 Å². The first-order valence-corrected chi connectivity index (χ1v) is 9.13. The van der Waals surface area contributed by atoms with Crippen LogP contribution in [-0.2, 0) is 19.1 Å². The minimum absolute atomic E-state index is 0.118. The number of hydrogen-bond donors (Lipinski definition) is 0. The Hall–Kier alpha value is -1.72. The van der Waals surface area contributed by atoms with E-state index in [1.54, 1.807) is 26.3 Å². The zero-order chi connectivity index (χ0) is 18.9. The fraction of sp³-hybridized carbons (Fsp3) is 0.789. The van der Waals surface area contributed by atoms with Crippen molar-refractivity contribution in [3.63, 3.8) is 0 Å². The zero-order valence-corrected chi connectivity index (χ0v) is 16.2. The van der Waals surface area contributed by atoms with Crippen molar-refractivity contribution in [2.45, 2.75) is 59.9 Å². The molecule has 0 aromatic heterocycles. The van der Waals surface area contributed by atoms with Crippen LogP contribution in [0.5, 0.6) is 0 Å². The fourth-order valence-corrected chi connectivity index (χ4v) is 3.58. The molecule has 0 aromatic carbocycles. The van der Waals surface area contributed by atoms with Crippen LogP contribution in [0.25, 0.3) is 0 Å². The van der Waals surface area contributed by atoms with Crippen LogP contribution >= 0.6 is 0 Å². The van der Waals surface area contributed by atoms with Gasteiger partial charge in [0.1, 0.15) is 0 Å². The summed E-state index contributed by atoms with van der Waals surface area (Å²) < 4.78 is 9.82. The molecule has 0 spiro atoms. The van der Waals surface area contributed by atoms with Crippen molar-refractivity contribution in [2.24, 2.45) is 27.2 Å². The van der Waals surface area contributed by atoms with E-state index in [-0.39, 0.29) is 42.2 Å². The Morgan fingerprint density at radius 1 is 1.08 bits per heavy atom. The SMILES string of the molecule is CCOC(=O)CC=NCC1C(N=CCC(=O)OCC)C(C)CC1(C)C. The van der Waals surface area contributed by atoms with Gasteiger partial charge in [0.2, 0.25) is 0 Å². The highest BCUT2D eigenvalue weighted by Gasteiger charge is 2.45. The molecule has 0 N–H and O–H groups in total. The van der Waals surface area contributed by atoms with E-state index in [0.29, 0.717) is 25.7 Å². The Morgan fingerprint density at radius 2 is 1.64 bits per heavy atom. The maximum absolute atomic E-state index is 11.5. The van der Waals surface area contributed by atoms with Crippen LogP contribution in [0.1, 0.15) is 53.9 Å². The van der Waals surface area contributed by atoms with Crippen molar-refractivity contribution >= 4 is 24.4 Å². The average molecular weight is 352 g/mol. The van der Waals surface area contributed by atoms with Gasteiger partial charge in [-0.3, -0.25) is 19.6 Å². The minimum atomic E-state index is -0.255. The highest BCUT2D eigenvalue weighted by atomic mass is 16.5. The average Bonchev–Trinajstić information content (AvgIpc) is 2.73. The van der Waals surface area contributed by atoms with Gasteiger partial charge >= 0.3 is 11.9 Å². The van der Waals surface area contributed by atoms with Crippen molar-refractivity contribution in [1.29, 1.82) is 0 Å². The zero-order valence-electron chi connectivity index (χ0n) is 16.2. The molecule has 0 aliphatic heterocycles. The molecule has 0 saturated heterocycles. The van der Waals surface area contributed by atoms with Crippen molar-refractivity contribution in [3.8, 4) is 0 Å². The van der Waals surface area contributed by atoms with E-state index in [1.807, 2.05) is 0 Å². The molecule has 0 radical (unpaired) electrons. The molecule has 142 valence electrons. The summed E-state index contributed by atoms with van der Waals surface area (Å²) in [6, 6.07) is 0.129. The Balaban J connectivity index is 2.65. The van der Waals surface area contributed by atoms with E-state index in [9.17, 15) is 9.59 Å². The molecule has 1 saturated carbocycles. The fourth-order valence-electron chi connectivity index (χ4n) is 3.58. The summed E-state index contributed by atoms with van der Waals surface area (Å²) >= 11 is 0. The van der Waals surface area contributed by atoms with Gasteiger partial charge in [0, 0.05) is 24.9 Å². The lowest BCUT2D eigenvalue weighted by atomic mass is 9.81. The van der Waals surface area contributed by atoms with Gasteiger partial charge in [-0.25, -0.2) is 0 Å². The molecular formula is C19H32N2O4. The van der Waals surface area contributed by atoms with Gasteiger partial charge in [-0.15, -0.1) is 0 Å². The second kappa shape index (κ2) is 10.3. The summed E-state index contributed by atoms with van der Waals surface area (Å²) in [6.07, 6.45) is 4.78. The summed E-state index contributed by atoms with van der Waals surface area (Å²) in [5.41, 5.74) is 0.118. The second-order valence-electron chi connectivity index (χ2n) is 7.16. The van der Waals surface area contributed by atoms with Crippen LogP contribution in [0.3, 0.4) is 0 Å². The van der Waals surface area contributed by atoms with Crippen molar-refractivity contribution in [2.75, 3.05) is 19.8 Å². The molecule has 1 aliphatic rings. The highest BCUT2D eigenvalue weighted by Crippen LogP contribution is 2.47. The van der Waals surface area contributed by atoms with Crippen molar-refractivity contribution in [3.05, 3.63) is 0 Å². The summed E-state index contributed by atoms with van der Waals surface area (Å²) in [7, 11) is 0. The molecule has 6 heteroatoms. The number of nitrogens with zero attached hydrogens (tertiary/aromatic N) is 2. The number of carbonyl (C=O) groups excluding carboxylic acids is 2. The molecule has 0 heterocycles. The molecule has 0 bridgehead atoms. The van der Waals surface area contributed by atoms with Crippen LogP contribution < -0.4 is 0 Å². The lowest BCUT2D eigenvalue weighted by Gasteiger charge is -2.27. The largest absolute Gasteiger partial charge is 0.466 e. The smallest absolute Gasteiger partial charge is 0.311 e. The Kier molecular flexibility index (Phi) is 8.79. The Morgan fingerprint density at radius 3 is 2.20 bits per heavy atom. The predicted molar refractivity (Wildman–Crippen MR) is 99.2 cm³/mol. The maximum atomic E-state index is 11.5. The second-order valence-corrected chi connectivity index (χ2v) is 7.16. The van der Waals surface area contributed by atoms with Gasteiger partial charge in [-0.05, 0) is 31.6 Å². The molecule has 0 amide bonds. The topological polar surface area (TPSA) is 77.3 Å². The number of hydrogen-bond acceptors (Lipinski definition) is 6. The molecule has 1 aliphatic carbocycles. The molecule has 25 heavy (non-hydrogen) atoms. The summed E-state index contributed by atoms with van der Waals surface area (Å²) in [6.45, 7) is 11.6. The maximum Gasteiger partial charge on any atom is 0.311 e. The van der Waals surface area contributed by atoms with Crippen molar-refractivity contribution < 1.29 is 19.1 Å². The van der Waals surface area contributed by atoms with Gasteiger partial charge in [0.15, 0.2) is 0 Å². The Labute approximate surface area is 151 Å². The van der Waals surface area contributed by atoms with E-state index in [0.717, 1.165) is 6.42 Å². The summed E-state index contributed by atoms with van der Waals surface area (Å²) in [4.78, 5) is 31.9. The molecule has 3 unspecified atom stereocenters. The number of esters is 2. The normalized spacial score (nSPS) is 25.6. The number of ether oxygens (including phenoxy) is 2. The van der Waals surface area contributed by atoms with E-state index >= 15 is 0 Å². The predicted octanol–water partition coefficient (Wildman–Crippen LogP) is 3.09. The third kappa shape index (κ3) is 6.96. The third-order valence-corrected chi connectivity index (χ3v) is 4.68. The highest BCUT2D eigenvalue weighted by molar-refractivity contribution is 5.86. The number of carbonyl (C=O) groups is 2. The Bertz CT molecular complexity index is 500. The van der Waals surface area contributed by atoms with Crippen LogP contribution in [0, 0.1) is 17.3 Å². The van der Waals surface area contributed by atoms with Crippen LogP contribution in [-0.4, -0.2) is 50.2 Å². The summed E-state index contributed by atoms with van der Waals surface area (Å²) in [5, 5.41) is 0. The monoisotopic (exact) mass is 352 g/mol. The van der Waals surface area contributed by atoms with E-state index in [4.69, 9.17) is 9.47 Å². The van der Waals surface area contributed by atoms with Gasteiger partial charge in [-0.1, -0.05) is 20.8 Å². The van der Waals surface area contributed by atoms with Crippen LogP contribution in [0.4, 0.5) is 0 Å². The summed E-state index contributed by atoms with van der Waals surface area (Å²) in [5.74, 6) is 0.201. The van der Waals surface area contributed by atoms with Crippen molar-refractivity contribution in [1.82, 2.24) is 0 Å². The lowest BCUT2D eigenvalue weighted by molar-refractivity contribution is -0.142. The first-order valence-electron chi connectivity index (χ1n) is 9.13. The molecule has 0 aromatic rings. The lowest BCUT2D eigenvalue weighted by Crippen LogP contribution is -2.28. The third-order valence-electron chi connectivity index (χ3n) is 4.68. The minimum Gasteiger partial charge on any atom is -0.466 e. The molecular weight excluding hydrogens is 320 g/mol. The van der Waals surface area contributed by atoms with E-state index in [2.05, 4.69) is 30.8 Å². The van der Waals surface area contributed by atoms with Crippen LogP contribution in [0.15, 0.2) is 9.98 Å². The molecule has 3 atom stereocenters. The van der Waals surface area contributed by atoms with Gasteiger partial charge in [0.25, 0.3) is 0 Å². The molecule has 1 rings (SSSR count). The quantitative estimate of drug-likeness (QED) is 0.472. The molecule has 6 nitrogen and oxygen atoms in total. The molecule has 1 fully saturated rings. The van der Waals surface area contributed by atoms with Gasteiger partial charge in [-0.2, -0.15) is 0 Å².